The lowest BCUT2D eigenvalue weighted by Crippen LogP contribution is -2.41. The Kier molecular flexibility index (Phi) is 4.57. The third-order valence-corrected chi connectivity index (χ3v) is 3.27. The highest BCUT2D eigenvalue weighted by Crippen LogP contribution is 2.28. The molecule has 1 aromatic carbocycles. The van der Waals surface area contributed by atoms with E-state index < -0.39 is 5.97 Å². The van der Waals surface area contributed by atoms with Gasteiger partial charge in [0.2, 0.25) is 0 Å². The Bertz CT molecular complexity index is 463. The van der Waals surface area contributed by atoms with Gasteiger partial charge in [-0.05, 0) is 54.9 Å². The summed E-state index contributed by atoms with van der Waals surface area (Å²) in [4.78, 5) is 13.1. The van der Waals surface area contributed by atoms with Crippen LogP contribution in [-0.2, 0) is 0 Å². The zero-order valence-corrected chi connectivity index (χ0v) is 12.5. The van der Waals surface area contributed by atoms with E-state index in [-0.39, 0.29) is 11.1 Å². The highest BCUT2D eigenvalue weighted by atomic mass is 79.9. The topological polar surface area (TPSA) is 40.5 Å². The standard InChI is InChI=1S/C14H18BrNO2/c1-5-8-16(14(2,3)4)10-6-7-11(13(17)18)12(15)9-10/h5-7,9H,1,8H2,2-4H3,(H,17,18). The summed E-state index contributed by atoms with van der Waals surface area (Å²) >= 11 is 3.30. The minimum atomic E-state index is -0.931. The molecule has 0 radical (unpaired) electrons. The van der Waals surface area contributed by atoms with E-state index in [1.54, 1.807) is 6.07 Å². The third kappa shape index (κ3) is 3.35. The number of rotatable bonds is 4. The molecule has 0 heterocycles. The molecule has 0 aliphatic carbocycles. The summed E-state index contributed by atoms with van der Waals surface area (Å²) in [6.07, 6.45) is 1.84. The second kappa shape index (κ2) is 5.57. The maximum atomic E-state index is 11.0. The van der Waals surface area contributed by atoms with Gasteiger partial charge in [0.05, 0.1) is 5.56 Å². The molecular weight excluding hydrogens is 294 g/mol. The first kappa shape index (κ1) is 14.8. The second-order valence-corrected chi connectivity index (χ2v) is 5.89. The lowest BCUT2D eigenvalue weighted by Gasteiger charge is -2.37. The van der Waals surface area contributed by atoms with E-state index in [0.717, 1.165) is 5.69 Å². The van der Waals surface area contributed by atoms with Crippen LogP contribution in [0.25, 0.3) is 0 Å². The molecule has 1 aromatic rings. The Morgan fingerprint density at radius 1 is 1.50 bits per heavy atom. The van der Waals surface area contributed by atoms with Crippen LogP contribution in [0.1, 0.15) is 31.1 Å². The largest absolute Gasteiger partial charge is 0.478 e. The van der Waals surface area contributed by atoms with Crippen LogP contribution in [0.5, 0.6) is 0 Å². The van der Waals surface area contributed by atoms with Crippen LogP contribution in [0.15, 0.2) is 35.3 Å². The smallest absolute Gasteiger partial charge is 0.336 e. The van der Waals surface area contributed by atoms with Crippen molar-refractivity contribution in [1.82, 2.24) is 0 Å². The molecule has 1 rings (SSSR count). The molecule has 0 aromatic heterocycles. The summed E-state index contributed by atoms with van der Waals surface area (Å²) in [5, 5.41) is 9.00. The number of aromatic carboxylic acids is 1. The Morgan fingerprint density at radius 2 is 2.11 bits per heavy atom. The van der Waals surface area contributed by atoms with Gasteiger partial charge in [-0.1, -0.05) is 6.08 Å². The van der Waals surface area contributed by atoms with Crippen LogP contribution < -0.4 is 4.90 Å². The Hall–Kier alpha value is -1.29. The SMILES string of the molecule is C=CCN(c1ccc(C(=O)O)c(Br)c1)C(C)(C)C. The number of carboxylic acid groups (broad SMARTS) is 1. The van der Waals surface area contributed by atoms with Crippen molar-refractivity contribution in [3.05, 3.63) is 40.9 Å². The first-order valence-corrected chi connectivity index (χ1v) is 6.48. The molecule has 0 aliphatic rings. The van der Waals surface area contributed by atoms with Crippen molar-refractivity contribution in [2.75, 3.05) is 11.4 Å². The van der Waals surface area contributed by atoms with Crippen molar-refractivity contribution in [2.45, 2.75) is 26.3 Å². The fourth-order valence-corrected chi connectivity index (χ4v) is 2.28. The summed E-state index contributed by atoms with van der Waals surface area (Å²) in [6, 6.07) is 5.27. The van der Waals surface area contributed by atoms with Crippen molar-refractivity contribution in [3.8, 4) is 0 Å². The van der Waals surface area contributed by atoms with E-state index in [9.17, 15) is 4.79 Å². The molecule has 0 fully saturated rings. The fourth-order valence-electron chi connectivity index (χ4n) is 1.74. The molecule has 1 N–H and O–H groups in total. The summed E-state index contributed by atoms with van der Waals surface area (Å²) in [7, 11) is 0. The first-order valence-electron chi connectivity index (χ1n) is 5.68. The maximum Gasteiger partial charge on any atom is 0.336 e. The maximum absolute atomic E-state index is 11.0. The molecule has 0 saturated heterocycles. The number of anilines is 1. The van der Waals surface area contributed by atoms with Crippen LogP contribution in [0.2, 0.25) is 0 Å². The molecule has 0 unspecified atom stereocenters. The Morgan fingerprint density at radius 3 is 2.50 bits per heavy atom. The van der Waals surface area contributed by atoms with E-state index in [1.807, 2.05) is 18.2 Å². The molecule has 0 amide bonds. The molecule has 18 heavy (non-hydrogen) atoms. The van der Waals surface area contributed by atoms with Crippen LogP contribution in [0.4, 0.5) is 5.69 Å². The van der Waals surface area contributed by atoms with E-state index in [4.69, 9.17) is 5.11 Å². The molecule has 0 bridgehead atoms. The van der Waals surface area contributed by atoms with Crippen molar-refractivity contribution < 1.29 is 9.90 Å². The predicted octanol–water partition coefficient (Wildman–Crippen LogP) is 3.94. The Labute approximate surface area is 116 Å². The number of benzene rings is 1. The average molecular weight is 312 g/mol. The van der Waals surface area contributed by atoms with Gasteiger partial charge in [-0.25, -0.2) is 4.79 Å². The van der Waals surface area contributed by atoms with Gasteiger partial charge in [0, 0.05) is 22.2 Å². The molecule has 98 valence electrons. The predicted molar refractivity (Wildman–Crippen MR) is 78.4 cm³/mol. The zero-order valence-electron chi connectivity index (χ0n) is 10.9. The third-order valence-electron chi connectivity index (χ3n) is 2.62. The summed E-state index contributed by atoms with van der Waals surface area (Å²) in [5.74, 6) is -0.931. The molecule has 0 aliphatic heterocycles. The zero-order chi connectivity index (χ0) is 13.9. The summed E-state index contributed by atoms with van der Waals surface area (Å²) in [5.41, 5.74) is 1.18. The van der Waals surface area contributed by atoms with Gasteiger partial charge < -0.3 is 10.0 Å². The van der Waals surface area contributed by atoms with E-state index >= 15 is 0 Å². The van der Waals surface area contributed by atoms with Gasteiger partial charge in [0.1, 0.15) is 0 Å². The molecule has 0 saturated carbocycles. The van der Waals surface area contributed by atoms with Gasteiger partial charge in [-0.3, -0.25) is 0 Å². The monoisotopic (exact) mass is 311 g/mol. The van der Waals surface area contributed by atoms with Gasteiger partial charge in [-0.15, -0.1) is 6.58 Å². The highest BCUT2D eigenvalue weighted by molar-refractivity contribution is 9.10. The summed E-state index contributed by atoms with van der Waals surface area (Å²) in [6.45, 7) is 10.8. The van der Waals surface area contributed by atoms with Gasteiger partial charge in [0.25, 0.3) is 0 Å². The summed E-state index contributed by atoms with van der Waals surface area (Å²) < 4.78 is 0.589. The van der Waals surface area contributed by atoms with E-state index in [2.05, 4.69) is 48.2 Å². The van der Waals surface area contributed by atoms with E-state index in [1.165, 1.54) is 0 Å². The van der Waals surface area contributed by atoms with Gasteiger partial charge in [-0.2, -0.15) is 0 Å². The van der Waals surface area contributed by atoms with Crippen LogP contribution in [-0.4, -0.2) is 23.2 Å². The normalized spacial score (nSPS) is 11.1. The first-order chi connectivity index (χ1) is 8.27. The molecular formula is C14H18BrNO2. The minimum Gasteiger partial charge on any atom is -0.478 e. The number of nitrogens with zero attached hydrogens (tertiary/aromatic N) is 1. The fraction of sp³-hybridized carbons (Fsp3) is 0.357. The van der Waals surface area contributed by atoms with Crippen LogP contribution >= 0.6 is 15.9 Å². The van der Waals surface area contributed by atoms with Crippen molar-refractivity contribution >= 4 is 27.6 Å². The molecule has 3 nitrogen and oxygen atoms in total. The van der Waals surface area contributed by atoms with Gasteiger partial charge >= 0.3 is 5.97 Å². The lowest BCUT2D eigenvalue weighted by molar-refractivity contribution is 0.0696. The number of carboxylic acids is 1. The lowest BCUT2D eigenvalue weighted by atomic mass is 10.0. The number of halogens is 1. The van der Waals surface area contributed by atoms with E-state index in [0.29, 0.717) is 11.0 Å². The highest BCUT2D eigenvalue weighted by Gasteiger charge is 2.21. The van der Waals surface area contributed by atoms with Crippen LogP contribution in [0.3, 0.4) is 0 Å². The van der Waals surface area contributed by atoms with Gasteiger partial charge in [0.15, 0.2) is 0 Å². The van der Waals surface area contributed by atoms with Crippen LogP contribution in [0, 0.1) is 0 Å². The Balaban J connectivity index is 3.19. The second-order valence-electron chi connectivity index (χ2n) is 5.04. The minimum absolute atomic E-state index is 0.0572. The van der Waals surface area contributed by atoms with Crippen molar-refractivity contribution in [1.29, 1.82) is 0 Å². The van der Waals surface area contributed by atoms with Crippen molar-refractivity contribution in [3.63, 3.8) is 0 Å². The number of hydrogen-bond acceptors (Lipinski definition) is 2. The molecule has 0 atom stereocenters. The molecule has 4 heteroatoms. The number of hydrogen-bond donors (Lipinski definition) is 1. The number of carbonyl (C=O) groups is 1. The average Bonchev–Trinajstić information content (AvgIpc) is 2.23. The van der Waals surface area contributed by atoms with Crippen molar-refractivity contribution in [2.24, 2.45) is 0 Å². The molecule has 0 spiro atoms. The quantitative estimate of drug-likeness (QED) is 0.856.